The van der Waals surface area contributed by atoms with Gasteiger partial charge in [-0.15, -0.1) is 0 Å². The Labute approximate surface area is 148 Å². The highest BCUT2D eigenvalue weighted by molar-refractivity contribution is 6.40. The quantitative estimate of drug-likeness (QED) is 0.404. The lowest BCUT2D eigenvalue weighted by Crippen LogP contribution is -2.64. The van der Waals surface area contributed by atoms with Gasteiger partial charge in [-0.3, -0.25) is 9.59 Å². The maximum Gasteiger partial charge on any atom is 0.451 e. The normalized spacial score (nSPS) is 33.5. The highest BCUT2D eigenvalue weighted by atomic mass is 16.4. The molecule has 142 valence electrons. The lowest BCUT2D eigenvalue weighted by molar-refractivity contribution is -0.151. The third-order valence-electron chi connectivity index (χ3n) is 6.02. The van der Waals surface area contributed by atoms with E-state index in [4.69, 9.17) is 21.5 Å². The summed E-state index contributed by atoms with van der Waals surface area (Å²) in [5, 5.41) is 27.7. The van der Waals surface area contributed by atoms with Crippen LogP contribution < -0.4 is 11.5 Å². The van der Waals surface area contributed by atoms with Gasteiger partial charge in [-0.2, -0.15) is 0 Å². The highest BCUT2D eigenvalue weighted by Crippen LogP contribution is 2.48. The van der Waals surface area contributed by atoms with E-state index in [9.17, 15) is 14.7 Å². The van der Waals surface area contributed by atoms with Crippen LogP contribution in [-0.2, 0) is 9.59 Å². The number of hydrogen-bond donors (Lipinski definition) is 5. The minimum Gasteiger partial charge on any atom is -0.480 e. The van der Waals surface area contributed by atoms with Gasteiger partial charge < -0.3 is 31.5 Å². The second-order valence-electron chi connectivity index (χ2n) is 7.76. The van der Waals surface area contributed by atoms with Crippen molar-refractivity contribution < 1.29 is 24.7 Å². The zero-order valence-electron chi connectivity index (χ0n) is 14.9. The summed E-state index contributed by atoms with van der Waals surface area (Å²) in [7, 11) is -1.41. The summed E-state index contributed by atoms with van der Waals surface area (Å²) in [5.74, 6) is -1.44. The first-order valence-electron chi connectivity index (χ1n) is 9.08. The maximum absolute atomic E-state index is 12.5. The summed E-state index contributed by atoms with van der Waals surface area (Å²) in [6.07, 6.45) is 4.25. The third kappa shape index (κ3) is 4.00. The lowest BCUT2D eigenvalue weighted by atomic mass is 9.63. The van der Waals surface area contributed by atoms with E-state index in [0.29, 0.717) is 38.6 Å². The summed E-state index contributed by atoms with van der Waals surface area (Å²) in [5.41, 5.74) is 10.3. The molecule has 0 bridgehead atoms. The molecular formula is C16H30BN3O5. The molecular weight excluding hydrogens is 325 g/mol. The van der Waals surface area contributed by atoms with Crippen LogP contribution in [0.15, 0.2) is 0 Å². The van der Waals surface area contributed by atoms with E-state index in [0.717, 1.165) is 12.8 Å². The Morgan fingerprint density at radius 1 is 1.32 bits per heavy atom. The van der Waals surface area contributed by atoms with Crippen LogP contribution in [0.4, 0.5) is 0 Å². The van der Waals surface area contributed by atoms with E-state index >= 15 is 0 Å². The second kappa shape index (κ2) is 7.61. The van der Waals surface area contributed by atoms with Crippen molar-refractivity contribution in [2.24, 2.45) is 17.4 Å². The third-order valence-corrected chi connectivity index (χ3v) is 6.02. The van der Waals surface area contributed by atoms with Gasteiger partial charge >= 0.3 is 13.1 Å². The molecule has 2 rings (SSSR count). The van der Waals surface area contributed by atoms with E-state index in [2.05, 4.69) is 0 Å². The molecule has 1 aliphatic carbocycles. The molecule has 7 N–H and O–H groups in total. The van der Waals surface area contributed by atoms with Gasteiger partial charge in [-0.1, -0.05) is 6.42 Å². The number of carbonyl (C=O) groups is 2. The molecule has 0 aromatic carbocycles. The Balaban J connectivity index is 2.20. The molecule has 0 radical (unpaired) electrons. The molecule has 9 heteroatoms. The molecule has 4 atom stereocenters. The number of carboxylic acid groups (broad SMARTS) is 1. The molecule has 1 aliphatic heterocycles. The first kappa shape index (κ1) is 20.2. The number of rotatable bonds is 6. The van der Waals surface area contributed by atoms with Crippen molar-refractivity contribution >= 4 is 19.0 Å². The second-order valence-corrected chi connectivity index (χ2v) is 7.76. The molecule has 1 saturated carbocycles. The van der Waals surface area contributed by atoms with Crippen LogP contribution in [-0.4, -0.2) is 62.7 Å². The van der Waals surface area contributed by atoms with Crippen LogP contribution in [0.25, 0.3) is 0 Å². The van der Waals surface area contributed by atoms with Gasteiger partial charge in [-0.05, 0) is 57.7 Å². The number of carboxylic acids is 1. The zero-order chi connectivity index (χ0) is 18.8. The van der Waals surface area contributed by atoms with E-state index < -0.39 is 24.7 Å². The smallest absolute Gasteiger partial charge is 0.451 e. The number of nitrogens with zero attached hydrogens (tertiary/aromatic N) is 1. The zero-order valence-corrected chi connectivity index (χ0v) is 14.9. The van der Waals surface area contributed by atoms with E-state index in [-0.39, 0.29) is 23.7 Å². The molecule has 8 nitrogen and oxygen atoms in total. The molecule has 2 aliphatic rings. The van der Waals surface area contributed by atoms with E-state index in [1.165, 1.54) is 0 Å². The first-order chi connectivity index (χ1) is 11.6. The number of amides is 1. The Hall–Kier alpha value is -1.16. The monoisotopic (exact) mass is 355 g/mol. The van der Waals surface area contributed by atoms with Gasteiger partial charge in [0.15, 0.2) is 0 Å². The topological polar surface area (TPSA) is 150 Å². The first-order valence-corrected chi connectivity index (χ1v) is 9.08. The van der Waals surface area contributed by atoms with E-state index in [1.807, 2.05) is 4.90 Å². The van der Waals surface area contributed by atoms with Crippen LogP contribution in [0.5, 0.6) is 0 Å². The predicted octanol–water partition coefficient (Wildman–Crippen LogP) is -0.470. The number of likely N-dealkylation sites (tertiary alicyclic amines) is 1. The minimum absolute atomic E-state index is 0.0955. The predicted molar refractivity (Wildman–Crippen MR) is 93.5 cm³/mol. The largest absolute Gasteiger partial charge is 0.480 e. The van der Waals surface area contributed by atoms with Gasteiger partial charge in [0.05, 0.1) is 6.04 Å². The highest BCUT2D eigenvalue weighted by Gasteiger charge is 2.55. The standard InChI is InChI=1S/C16H30BN3O5/c1-11(18)13(21)20-9-3-5-15(20)6-7-16(19,14(22)23)12(10-15)4-2-8-17(24)25/h11-12,24-25H,2-10,18-19H2,1H3,(H,22,23). The Morgan fingerprint density at radius 2 is 2.00 bits per heavy atom. The average molecular weight is 355 g/mol. The van der Waals surface area contributed by atoms with Crippen molar-refractivity contribution in [1.29, 1.82) is 0 Å². The van der Waals surface area contributed by atoms with Gasteiger partial charge in [0.1, 0.15) is 5.54 Å². The molecule has 1 amide bonds. The summed E-state index contributed by atoms with van der Waals surface area (Å²) in [6.45, 7) is 2.31. The average Bonchev–Trinajstić information content (AvgIpc) is 2.93. The van der Waals surface area contributed by atoms with Crippen LogP contribution in [0.1, 0.15) is 51.9 Å². The van der Waals surface area contributed by atoms with Crippen LogP contribution in [0.2, 0.25) is 6.32 Å². The van der Waals surface area contributed by atoms with E-state index in [1.54, 1.807) is 6.92 Å². The Bertz CT molecular complexity index is 518. The van der Waals surface area contributed by atoms with Crippen LogP contribution >= 0.6 is 0 Å². The molecule has 0 aromatic heterocycles. The van der Waals surface area contributed by atoms with Crippen LogP contribution in [0.3, 0.4) is 0 Å². The minimum atomic E-state index is -1.41. The van der Waals surface area contributed by atoms with Crippen LogP contribution in [0, 0.1) is 5.92 Å². The van der Waals surface area contributed by atoms with Gasteiger partial charge in [0.25, 0.3) is 0 Å². The van der Waals surface area contributed by atoms with Gasteiger partial charge in [-0.25, -0.2) is 0 Å². The SMILES string of the molecule is CC(N)C(=O)N1CCCC12CCC(N)(C(=O)O)C(CCCB(O)O)C2. The van der Waals surface area contributed by atoms with Gasteiger partial charge in [0.2, 0.25) is 5.91 Å². The summed E-state index contributed by atoms with van der Waals surface area (Å²) in [4.78, 5) is 26.1. The maximum atomic E-state index is 12.5. The fourth-order valence-electron chi connectivity index (χ4n) is 4.57. The van der Waals surface area contributed by atoms with Crippen molar-refractivity contribution in [1.82, 2.24) is 4.90 Å². The van der Waals surface area contributed by atoms with Crippen molar-refractivity contribution in [3.8, 4) is 0 Å². The Morgan fingerprint density at radius 3 is 2.56 bits per heavy atom. The van der Waals surface area contributed by atoms with Crippen molar-refractivity contribution in [2.45, 2.75) is 75.3 Å². The fourth-order valence-corrected chi connectivity index (χ4v) is 4.57. The van der Waals surface area contributed by atoms with Crippen molar-refractivity contribution in [3.05, 3.63) is 0 Å². The molecule has 2 fully saturated rings. The number of carbonyl (C=O) groups excluding carboxylic acids is 1. The number of hydrogen-bond acceptors (Lipinski definition) is 6. The molecule has 1 spiro atoms. The molecule has 0 aromatic rings. The summed E-state index contributed by atoms with van der Waals surface area (Å²) in [6, 6.07) is -0.581. The molecule has 1 saturated heterocycles. The lowest BCUT2D eigenvalue weighted by Gasteiger charge is -2.50. The molecule has 25 heavy (non-hydrogen) atoms. The molecule has 1 heterocycles. The fraction of sp³-hybridized carbons (Fsp3) is 0.875. The Kier molecular flexibility index (Phi) is 6.14. The van der Waals surface area contributed by atoms with Gasteiger partial charge in [0, 0.05) is 12.1 Å². The molecule has 4 unspecified atom stereocenters. The number of aliphatic carboxylic acids is 1. The summed E-state index contributed by atoms with van der Waals surface area (Å²) < 4.78 is 0. The van der Waals surface area contributed by atoms with Crippen molar-refractivity contribution in [3.63, 3.8) is 0 Å². The number of nitrogens with two attached hydrogens (primary N) is 2. The summed E-state index contributed by atoms with van der Waals surface area (Å²) >= 11 is 0. The van der Waals surface area contributed by atoms with Crippen molar-refractivity contribution in [2.75, 3.05) is 6.54 Å².